The van der Waals surface area contributed by atoms with Crippen molar-refractivity contribution in [3.63, 3.8) is 0 Å². The fraction of sp³-hybridized carbons (Fsp3) is 0.333. The van der Waals surface area contributed by atoms with Crippen LogP contribution in [0.15, 0.2) is 18.2 Å². The molecule has 0 aliphatic carbocycles. The van der Waals surface area contributed by atoms with E-state index in [0.717, 1.165) is 5.69 Å². The van der Waals surface area contributed by atoms with Crippen molar-refractivity contribution < 1.29 is 4.39 Å². The number of hydrogen-bond donors (Lipinski definition) is 2. The Morgan fingerprint density at radius 2 is 2.17 bits per heavy atom. The first-order valence-electron chi connectivity index (χ1n) is 3.80. The van der Waals surface area contributed by atoms with Crippen molar-refractivity contribution in [2.45, 2.75) is 19.2 Å². The summed E-state index contributed by atoms with van der Waals surface area (Å²) < 4.78 is 12.8. The van der Waals surface area contributed by atoms with E-state index >= 15 is 0 Å². The Hall–Kier alpha value is -0.700. The molecule has 0 aromatic heterocycles. The molecule has 0 saturated carbocycles. The summed E-state index contributed by atoms with van der Waals surface area (Å²) >= 11 is 4.16. The Balaban J connectivity index is 2.82. The van der Waals surface area contributed by atoms with Gasteiger partial charge in [0.2, 0.25) is 0 Å². The van der Waals surface area contributed by atoms with Crippen molar-refractivity contribution in [3.8, 4) is 0 Å². The lowest BCUT2D eigenvalue weighted by atomic mass is 10.2. The SMILES string of the molecule is Cc1cc(NC(C)S)ccc1F. The van der Waals surface area contributed by atoms with Gasteiger partial charge in [-0.05, 0) is 37.6 Å². The molecule has 0 spiro atoms. The van der Waals surface area contributed by atoms with Crippen LogP contribution in [0.5, 0.6) is 0 Å². The summed E-state index contributed by atoms with van der Waals surface area (Å²) in [6.45, 7) is 3.66. The molecule has 0 aliphatic heterocycles. The van der Waals surface area contributed by atoms with E-state index in [0.29, 0.717) is 5.56 Å². The van der Waals surface area contributed by atoms with Crippen molar-refractivity contribution in [1.29, 1.82) is 0 Å². The second-order valence-electron chi connectivity index (χ2n) is 2.78. The summed E-state index contributed by atoms with van der Waals surface area (Å²) in [6, 6.07) is 4.92. The highest BCUT2D eigenvalue weighted by Gasteiger charge is 1.99. The van der Waals surface area contributed by atoms with Crippen molar-refractivity contribution >= 4 is 18.3 Å². The van der Waals surface area contributed by atoms with Gasteiger partial charge >= 0.3 is 0 Å². The second kappa shape index (κ2) is 3.81. The van der Waals surface area contributed by atoms with Crippen LogP contribution in [0.3, 0.4) is 0 Å². The number of halogens is 1. The molecule has 1 aromatic carbocycles. The van der Waals surface area contributed by atoms with Gasteiger partial charge in [0.05, 0.1) is 5.37 Å². The monoisotopic (exact) mass is 185 g/mol. The topological polar surface area (TPSA) is 12.0 Å². The number of nitrogens with one attached hydrogen (secondary N) is 1. The predicted molar refractivity (Wildman–Crippen MR) is 53.2 cm³/mol. The minimum absolute atomic E-state index is 0.0786. The van der Waals surface area contributed by atoms with Gasteiger partial charge in [0.15, 0.2) is 0 Å². The number of thiol groups is 1. The van der Waals surface area contributed by atoms with Crippen LogP contribution in [0.4, 0.5) is 10.1 Å². The number of anilines is 1. The first-order valence-corrected chi connectivity index (χ1v) is 4.32. The lowest BCUT2D eigenvalue weighted by Crippen LogP contribution is -2.06. The van der Waals surface area contributed by atoms with Crippen LogP contribution in [-0.4, -0.2) is 5.37 Å². The van der Waals surface area contributed by atoms with Crippen molar-refractivity contribution in [2.75, 3.05) is 5.32 Å². The standard InChI is InChI=1S/C9H12FNS/c1-6-5-8(11-7(2)12)3-4-9(6)10/h3-5,7,11-12H,1-2H3. The fourth-order valence-electron chi connectivity index (χ4n) is 0.976. The Labute approximate surface area is 77.4 Å². The third-order valence-corrected chi connectivity index (χ3v) is 1.66. The highest BCUT2D eigenvalue weighted by molar-refractivity contribution is 7.81. The third-order valence-electron chi connectivity index (χ3n) is 1.53. The molecule has 1 nitrogen and oxygen atoms in total. The summed E-state index contributed by atoms with van der Waals surface area (Å²) in [5.74, 6) is -0.174. The van der Waals surface area contributed by atoms with Crippen LogP contribution in [0.1, 0.15) is 12.5 Å². The van der Waals surface area contributed by atoms with E-state index in [1.165, 1.54) is 6.07 Å². The number of benzene rings is 1. The van der Waals surface area contributed by atoms with E-state index in [1.54, 1.807) is 19.1 Å². The van der Waals surface area contributed by atoms with Crippen LogP contribution in [-0.2, 0) is 0 Å². The number of hydrogen-bond acceptors (Lipinski definition) is 2. The van der Waals surface area contributed by atoms with E-state index in [1.807, 2.05) is 6.92 Å². The molecule has 1 unspecified atom stereocenters. The predicted octanol–water partition coefficient (Wildman–Crippen LogP) is 2.82. The molecular weight excluding hydrogens is 173 g/mol. The zero-order valence-corrected chi connectivity index (χ0v) is 8.03. The fourth-order valence-corrected chi connectivity index (χ4v) is 1.12. The lowest BCUT2D eigenvalue weighted by molar-refractivity contribution is 0.618. The first-order chi connectivity index (χ1) is 5.59. The quantitative estimate of drug-likeness (QED) is 0.533. The highest BCUT2D eigenvalue weighted by Crippen LogP contribution is 2.14. The van der Waals surface area contributed by atoms with Crippen LogP contribution < -0.4 is 5.32 Å². The van der Waals surface area contributed by atoms with E-state index in [9.17, 15) is 4.39 Å². The molecule has 0 bridgehead atoms. The highest BCUT2D eigenvalue weighted by atomic mass is 32.1. The van der Waals surface area contributed by atoms with Gasteiger partial charge in [0.25, 0.3) is 0 Å². The minimum Gasteiger partial charge on any atom is -0.374 e. The normalized spacial score (nSPS) is 12.7. The number of aryl methyl sites for hydroxylation is 1. The molecule has 1 rings (SSSR count). The van der Waals surface area contributed by atoms with Gasteiger partial charge in [0.1, 0.15) is 5.82 Å². The van der Waals surface area contributed by atoms with E-state index in [-0.39, 0.29) is 11.2 Å². The average Bonchev–Trinajstić information content (AvgIpc) is 1.96. The molecule has 12 heavy (non-hydrogen) atoms. The molecule has 0 fully saturated rings. The molecule has 1 aromatic rings. The molecule has 66 valence electrons. The molecule has 0 heterocycles. The van der Waals surface area contributed by atoms with E-state index < -0.39 is 0 Å². The maximum Gasteiger partial charge on any atom is 0.126 e. The summed E-state index contributed by atoms with van der Waals surface area (Å²) in [5.41, 5.74) is 1.55. The maximum absolute atomic E-state index is 12.8. The van der Waals surface area contributed by atoms with E-state index in [2.05, 4.69) is 17.9 Å². The summed E-state index contributed by atoms with van der Waals surface area (Å²) in [7, 11) is 0. The Bertz CT molecular complexity index is 273. The van der Waals surface area contributed by atoms with Crippen LogP contribution in [0.25, 0.3) is 0 Å². The first kappa shape index (κ1) is 9.39. The zero-order valence-electron chi connectivity index (χ0n) is 7.13. The molecule has 1 atom stereocenters. The Kier molecular flexibility index (Phi) is 2.98. The molecule has 0 amide bonds. The summed E-state index contributed by atoms with van der Waals surface area (Å²) in [6.07, 6.45) is 0. The van der Waals surface area contributed by atoms with Gasteiger partial charge in [-0.3, -0.25) is 0 Å². The van der Waals surface area contributed by atoms with Gasteiger partial charge in [0, 0.05) is 5.69 Å². The Morgan fingerprint density at radius 3 is 2.67 bits per heavy atom. The third kappa shape index (κ3) is 2.41. The summed E-state index contributed by atoms with van der Waals surface area (Å²) in [4.78, 5) is 0. The van der Waals surface area contributed by atoms with Crippen molar-refractivity contribution in [1.82, 2.24) is 0 Å². The molecule has 0 saturated heterocycles. The smallest absolute Gasteiger partial charge is 0.126 e. The van der Waals surface area contributed by atoms with E-state index in [4.69, 9.17) is 0 Å². The maximum atomic E-state index is 12.8. The van der Waals surface area contributed by atoms with Crippen LogP contribution in [0, 0.1) is 12.7 Å². The van der Waals surface area contributed by atoms with Gasteiger partial charge < -0.3 is 5.32 Å². The molecule has 0 radical (unpaired) electrons. The van der Waals surface area contributed by atoms with Crippen molar-refractivity contribution in [3.05, 3.63) is 29.6 Å². The second-order valence-corrected chi connectivity index (χ2v) is 3.56. The number of rotatable bonds is 2. The van der Waals surface area contributed by atoms with Gasteiger partial charge in [-0.1, -0.05) is 0 Å². The van der Waals surface area contributed by atoms with Gasteiger partial charge in [-0.15, -0.1) is 0 Å². The zero-order chi connectivity index (χ0) is 9.14. The van der Waals surface area contributed by atoms with Crippen LogP contribution >= 0.6 is 12.6 Å². The average molecular weight is 185 g/mol. The minimum atomic E-state index is -0.174. The van der Waals surface area contributed by atoms with Gasteiger partial charge in [-0.2, -0.15) is 12.6 Å². The Morgan fingerprint density at radius 1 is 1.50 bits per heavy atom. The van der Waals surface area contributed by atoms with Gasteiger partial charge in [-0.25, -0.2) is 4.39 Å². The lowest BCUT2D eigenvalue weighted by Gasteiger charge is -2.09. The molecule has 1 N–H and O–H groups in total. The molecule has 0 aliphatic rings. The molecule has 3 heteroatoms. The molecular formula is C9H12FNS. The van der Waals surface area contributed by atoms with Crippen LogP contribution in [0.2, 0.25) is 0 Å². The largest absolute Gasteiger partial charge is 0.374 e. The summed E-state index contributed by atoms with van der Waals surface area (Å²) in [5, 5.41) is 3.15. The van der Waals surface area contributed by atoms with Crippen molar-refractivity contribution in [2.24, 2.45) is 0 Å².